The summed E-state index contributed by atoms with van der Waals surface area (Å²) < 4.78 is 15.7. The van der Waals surface area contributed by atoms with Gasteiger partial charge in [0.2, 0.25) is 0 Å². The van der Waals surface area contributed by atoms with Crippen molar-refractivity contribution in [1.29, 1.82) is 0 Å². The Morgan fingerprint density at radius 3 is 2.29 bits per heavy atom. The fourth-order valence-electron chi connectivity index (χ4n) is 1.44. The Hall–Kier alpha value is -1.81. The third-order valence-corrected chi connectivity index (χ3v) is 2.73. The lowest BCUT2D eigenvalue weighted by Crippen LogP contribution is -2.22. The predicted octanol–water partition coefficient (Wildman–Crippen LogP) is 3.36. The standard InChI is InChI=1S/C17H24O4/c1-17(2,3)16(18)21-12-6-5-11-20-13-14-7-9-15(19-4)10-8-14/h5-10H,11-13H2,1-4H3/b6-5+. The van der Waals surface area contributed by atoms with Gasteiger partial charge in [0.1, 0.15) is 12.4 Å². The van der Waals surface area contributed by atoms with Gasteiger partial charge in [-0.3, -0.25) is 4.79 Å². The van der Waals surface area contributed by atoms with Gasteiger partial charge in [-0.25, -0.2) is 0 Å². The molecule has 0 atom stereocenters. The summed E-state index contributed by atoms with van der Waals surface area (Å²) in [5.74, 6) is 0.630. The van der Waals surface area contributed by atoms with Gasteiger partial charge in [-0.05, 0) is 44.5 Å². The molecule has 0 unspecified atom stereocenters. The zero-order valence-electron chi connectivity index (χ0n) is 13.2. The second kappa shape index (κ2) is 8.47. The molecule has 0 aromatic heterocycles. The van der Waals surface area contributed by atoms with E-state index in [2.05, 4.69) is 0 Å². The summed E-state index contributed by atoms with van der Waals surface area (Å²) in [5, 5.41) is 0. The maximum absolute atomic E-state index is 11.5. The van der Waals surface area contributed by atoms with Gasteiger partial charge in [0.15, 0.2) is 0 Å². The van der Waals surface area contributed by atoms with Crippen LogP contribution in [0.3, 0.4) is 0 Å². The van der Waals surface area contributed by atoms with Gasteiger partial charge in [-0.2, -0.15) is 0 Å². The molecule has 0 N–H and O–H groups in total. The Kier molecular flexibility index (Phi) is 6.96. The first-order chi connectivity index (χ1) is 9.93. The van der Waals surface area contributed by atoms with E-state index >= 15 is 0 Å². The molecule has 21 heavy (non-hydrogen) atoms. The third kappa shape index (κ3) is 6.95. The Labute approximate surface area is 126 Å². The van der Waals surface area contributed by atoms with Crippen molar-refractivity contribution in [3.63, 3.8) is 0 Å². The summed E-state index contributed by atoms with van der Waals surface area (Å²) in [6, 6.07) is 7.74. The predicted molar refractivity (Wildman–Crippen MR) is 82.2 cm³/mol. The molecule has 0 saturated carbocycles. The van der Waals surface area contributed by atoms with Crippen LogP contribution in [0.1, 0.15) is 26.3 Å². The lowest BCUT2D eigenvalue weighted by molar-refractivity contribution is -0.151. The summed E-state index contributed by atoms with van der Waals surface area (Å²) in [6.45, 7) is 6.79. The largest absolute Gasteiger partial charge is 0.497 e. The van der Waals surface area contributed by atoms with E-state index in [1.165, 1.54) is 0 Å². The topological polar surface area (TPSA) is 44.8 Å². The van der Waals surface area contributed by atoms with Crippen molar-refractivity contribution in [2.45, 2.75) is 27.4 Å². The van der Waals surface area contributed by atoms with E-state index in [1.54, 1.807) is 13.2 Å². The molecule has 116 valence electrons. The first kappa shape index (κ1) is 17.2. The first-order valence-electron chi connectivity index (χ1n) is 6.96. The molecule has 0 bridgehead atoms. The van der Waals surface area contributed by atoms with Crippen LogP contribution in [0, 0.1) is 5.41 Å². The van der Waals surface area contributed by atoms with E-state index in [-0.39, 0.29) is 12.6 Å². The van der Waals surface area contributed by atoms with E-state index in [1.807, 2.05) is 51.1 Å². The molecule has 1 rings (SSSR count). The van der Waals surface area contributed by atoms with Crippen molar-refractivity contribution < 1.29 is 19.0 Å². The molecule has 0 amide bonds. The molecule has 4 nitrogen and oxygen atoms in total. The highest BCUT2D eigenvalue weighted by atomic mass is 16.5. The average molecular weight is 292 g/mol. The number of hydrogen-bond acceptors (Lipinski definition) is 4. The fraction of sp³-hybridized carbons (Fsp3) is 0.471. The molecule has 0 aliphatic heterocycles. The van der Waals surface area contributed by atoms with Crippen LogP contribution in [0.5, 0.6) is 5.75 Å². The van der Waals surface area contributed by atoms with Gasteiger partial charge in [0.25, 0.3) is 0 Å². The van der Waals surface area contributed by atoms with Crippen LogP contribution in [0.25, 0.3) is 0 Å². The average Bonchev–Trinajstić information content (AvgIpc) is 2.45. The Morgan fingerprint density at radius 2 is 1.71 bits per heavy atom. The van der Waals surface area contributed by atoms with E-state index in [9.17, 15) is 4.79 Å². The van der Waals surface area contributed by atoms with Crippen LogP contribution < -0.4 is 4.74 Å². The van der Waals surface area contributed by atoms with Gasteiger partial charge in [-0.15, -0.1) is 0 Å². The highest BCUT2D eigenvalue weighted by Gasteiger charge is 2.22. The molecule has 0 heterocycles. The molecule has 0 aliphatic carbocycles. The van der Waals surface area contributed by atoms with Crippen molar-refractivity contribution in [3.05, 3.63) is 42.0 Å². The molecular formula is C17H24O4. The molecule has 4 heteroatoms. The zero-order chi connectivity index (χ0) is 15.7. The summed E-state index contributed by atoms with van der Waals surface area (Å²) >= 11 is 0. The smallest absolute Gasteiger partial charge is 0.311 e. The van der Waals surface area contributed by atoms with E-state index in [0.29, 0.717) is 13.2 Å². The van der Waals surface area contributed by atoms with Crippen molar-refractivity contribution in [2.24, 2.45) is 5.41 Å². The fourth-order valence-corrected chi connectivity index (χ4v) is 1.44. The minimum Gasteiger partial charge on any atom is -0.497 e. The molecule has 1 aromatic carbocycles. The van der Waals surface area contributed by atoms with Crippen LogP contribution >= 0.6 is 0 Å². The number of carbonyl (C=O) groups excluding carboxylic acids is 1. The summed E-state index contributed by atoms with van der Waals surface area (Å²) in [4.78, 5) is 11.5. The van der Waals surface area contributed by atoms with Crippen LogP contribution in [0.4, 0.5) is 0 Å². The normalized spacial score (nSPS) is 11.6. The number of carbonyl (C=O) groups is 1. The number of ether oxygens (including phenoxy) is 3. The number of methoxy groups -OCH3 is 1. The molecule has 0 saturated heterocycles. The number of hydrogen-bond donors (Lipinski definition) is 0. The van der Waals surface area contributed by atoms with Crippen LogP contribution in [-0.4, -0.2) is 26.3 Å². The third-order valence-electron chi connectivity index (χ3n) is 2.73. The minimum atomic E-state index is -0.460. The summed E-state index contributed by atoms with van der Waals surface area (Å²) in [5.41, 5.74) is 0.627. The number of esters is 1. The lowest BCUT2D eigenvalue weighted by atomic mass is 9.97. The molecule has 0 fully saturated rings. The van der Waals surface area contributed by atoms with Crippen LogP contribution in [0.2, 0.25) is 0 Å². The van der Waals surface area contributed by atoms with Gasteiger partial charge >= 0.3 is 5.97 Å². The number of rotatable bonds is 7. The minimum absolute atomic E-state index is 0.202. The first-order valence-corrected chi connectivity index (χ1v) is 6.96. The van der Waals surface area contributed by atoms with E-state index < -0.39 is 5.41 Å². The quantitative estimate of drug-likeness (QED) is 0.439. The highest BCUT2D eigenvalue weighted by Crippen LogP contribution is 2.15. The van der Waals surface area contributed by atoms with E-state index in [4.69, 9.17) is 14.2 Å². The molecule has 1 aromatic rings. The Balaban J connectivity index is 2.16. The van der Waals surface area contributed by atoms with Crippen molar-refractivity contribution in [2.75, 3.05) is 20.3 Å². The van der Waals surface area contributed by atoms with E-state index in [0.717, 1.165) is 11.3 Å². The Morgan fingerprint density at radius 1 is 1.10 bits per heavy atom. The zero-order valence-corrected chi connectivity index (χ0v) is 13.2. The van der Waals surface area contributed by atoms with Crippen LogP contribution in [0.15, 0.2) is 36.4 Å². The molecular weight excluding hydrogens is 268 g/mol. The van der Waals surface area contributed by atoms with Gasteiger partial charge in [-0.1, -0.05) is 18.2 Å². The van der Waals surface area contributed by atoms with Crippen molar-refractivity contribution >= 4 is 5.97 Å². The van der Waals surface area contributed by atoms with Gasteiger partial charge < -0.3 is 14.2 Å². The monoisotopic (exact) mass is 292 g/mol. The molecule has 0 radical (unpaired) electrons. The Bertz CT molecular complexity index is 455. The van der Waals surface area contributed by atoms with Gasteiger partial charge in [0.05, 0.1) is 25.7 Å². The molecule has 0 aliphatic rings. The van der Waals surface area contributed by atoms with Gasteiger partial charge in [0, 0.05) is 0 Å². The van der Waals surface area contributed by atoms with Crippen molar-refractivity contribution in [3.8, 4) is 5.75 Å². The second-order valence-electron chi connectivity index (χ2n) is 5.68. The lowest BCUT2D eigenvalue weighted by Gasteiger charge is -2.15. The van der Waals surface area contributed by atoms with Crippen LogP contribution in [-0.2, 0) is 20.9 Å². The second-order valence-corrected chi connectivity index (χ2v) is 5.68. The molecule has 0 spiro atoms. The maximum atomic E-state index is 11.5. The summed E-state index contributed by atoms with van der Waals surface area (Å²) in [7, 11) is 1.64. The maximum Gasteiger partial charge on any atom is 0.311 e. The number of benzene rings is 1. The van der Waals surface area contributed by atoms with Crippen molar-refractivity contribution in [1.82, 2.24) is 0 Å². The highest BCUT2D eigenvalue weighted by molar-refractivity contribution is 5.75. The summed E-state index contributed by atoms with van der Waals surface area (Å²) in [6.07, 6.45) is 3.64. The SMILES string of the molecule is COc1ccc(COC/C=C/COC(=O)C(C)(C)C)cc1.